The maximum absolute atomic E-state index is 11.5. The molecule has 1 amide bonds. The van der Waals surface area contributed by atoms with Crippen molar-refractivity contribution in [3.8, 4) is 6.07 Å². The van der Waals surface area contributed by atoms with Crippen molar-refractivity contribution in [1.82, 2.24) is 10.3 Å². The number of nitrogens with zero attached hydrogens (tertiary/aromatic N) is 2. The minimum absolute atomic E-state index is 0.0129. The maximum Gasteiger partial charge on any atom is 0.230 e. The Kier molecular flexibility index (Phi) is 3.49. The number of carbonyl (C=O) groups excluding carboxylic acids is 1. The van der Waals surface area contributed by atoms with Crippen LogP contribution in [-0.4, -0.2) is 22.7 Å². The number of amides is 1. The summed E-state index contributed by atoms with van der Waals surface area (Å²) in [5.74, 6) is 0.267. The first kappa shape index (κ1) is 11.7. The third-order valence-corrected chi connectivity index (χ3v) is 3.36. The molecule has 3 N–H and O–H groups in total. The third-order valence-electron chi connectivity index (χ3n) is 2.36. The van der Waals surface area contributed by atoms with Crippen LogP contribution in [0.5, 0.6) is 0 Å². The molecule has 1 saturated carbocycles. The number of aromatic nitrogens is 1. The average molecular weight is 248 g/mol. The van der Waals surface area contributed by atoms with Gasteiger partial charge in [0.15, 0.2) is 0 Å². The number of rotatable bonds is 4. The van der Waals surface area contributed by atoms with E-state index in [2.05, 4.69) is 10.3 Å². The predicted octanol–water partition coefficient (Wildman–Crippen LogP) is 0.906. The molecule has 1 fully saturated rings. The monoisotopic (exact) mass is 248 g/mol. The molecule has 0 saturated heterocycles. The molecule has 1 aromatic rings. The van der Waals surface area contributed by atoms with Crippen molar-refractivity contribution in [2.24, 2.45) is 0 Å². The lowest BCUT2D eigenvalue weighted by molar-refractivity contribution is -0.118. The normalized spacial score (nSPS) is 14.1. The Morgan fingerprint density at radius 1 is 1.71 bits per heavy atom. The largest absolute Gasteiger partial charge is 0.395 e. The summed E-state index contributed by atoms with van der Waals surface area (Å²) in [5, 5.41) is 12.2. The summed E-state index contributed by atoms with van der Waals surface area (Å²) in [6, 6.07) is 3.91. The van der Waals surface area contributed by atoms with Gasteiger partial charge in [0.1, 0.15) is 11.1 Å². The van der Waals surface area contributed by atoms with Gasteiger partial charge in [0.25, 0.3) is 0 Å². The molecule has 2 rings (SSSR count). The number of carbonyl (C=O) groups is 1. The predicted molar refractivity (Wildman–Crippen MR) is 65.3 cm³/mol. The van der Waals surface area contributed by atoms with Crippen molar-refractivity contribution in [3.05, 3.63) is 17.8 Å². The van der Waals surface area contributed by atoms with Gasteiger partial charge < -0.3 is 11.1 Å². The van der Waals surface area contributed by atoms with Crippen LogP contribution in [0, 0.1) is 11.3 Å². The molecule has 1 aliphatic carbocycles. The highest BCUT2D eigenvalue weighted by Gasteiger charge is 2.23. The van der Waals surface area contributed by atoms with E-state index in [9.17, 15) is 4.79 Å². The molecule has 6 heteroatoms. The molecule has 0 aromatic carbocycles. The van der Waals surface area contributed by atoms with E-state index < -0.39 is 0 Å². The Labute approximate surface area is 103 Å². The zero-order chi connectivity index (χ0) is 12.3. The number of hydrogen-bond acceptors (Lipinski definition) is 5. The minimum atomic E-state index is -0.0129. The van der Waals surface area contributed by atoms with Gasteiger partial charge in [-0.2, -0.15) is 5.26 Å². The number of nitrogens with one attached hydrogen (secondary N) is 1. The van der Waals surface area contributed by atoms with Crippen molar-refractivity contribution in [2.45, 2.75) is 23.9 Å². The molecule has 0 aliphatic heterocycles. The number of thioether (sulfide) groups is 1. The fraction of sp³-hybridized carbons (Fsp3) is 0.364. The summed E-state index contributed by atoms with van der Waals surface area (Å²) < 4.78 is 0. The van der Waals surface area contributed by atoms with Crippen molar-refractivity contribution < 1.29 is 4.79 Å². The van der Waals surface area contributed by atoms with Gasteiger partial charge in [-0.3, -0.25) is 4.79 Å². The van der Waals surface area contributed by atoms with Crippen molar-refractivity contribution in [3.63, 3.8) is 0 Å². The second-order valence-corrected chi connectivity index (χ2v) is 4.78. The van der Waals surface area contributed by atoms with Crippen molar-refractivity contribution in [2.75, 3.05) is 11.5 Å². The van der Waals surface area contributed by atoms with E-state index in [1.54, 1.807) is 6.07 Å². The molecule has 1 aromatic heterocycles. The molecular formula is C11H12N4OS. The van der Waals surface area contributed by atoms with Gasteiger partial charge in [-0.25, -0.2) is 4.98 Å². The summed E-state index contributed by atoms with van der Waals surface area (Å²) in [6.45, 7) is 0. The SMILES string of the molecule is N#Cc1ccnc(SCC(=O)NC2CC2)c1N. The van der Waals surface area contributed by atoms with Crippen LogP contribution in [0.2, 0.25) is 0 Å². The number of hydrogen-bond donors (Lipinski definition) is 2. The molecule has 0 atom stereocenters. The summed E-state index contributed by atoms with van der Waals surface area (Å²) >= 11 is 1.26. The Balaban J connectivity index is 1.94. The maximum atomic E-state index is 11.5. The smallest absolute Gasteiger partial charge is 0.230 e. The van der Waals surface area contributed by atoms with Crippen LogP contribution in [0.1, 0.15) is 18.4 Å². The Hall–Kier alpha value is -1.74. The molecular weight excluding hydrogens is 236 g/mol. The van der Waals surface area contributed by atoms with Gasteiger partial charge in [0.05, 0.1) is 17.0 Å². The topological polar surface area (TPSA) is 91.8 Å². The minimum Gasteiger partial charge on any atom is -0.395 e. The standard InChI is InChI=1S/C11H12N4OS/c12-5-7-3-4-14-11(10(7)13)17-6-9(16)15-8-1-2-8/h3-4,8H,1-2,6,13H2,(H,15,16). The van der Waals surface area contributed by atoms with Crippen LogP contribution >= 0.6 is 11.8 Å². The highest BCUT2D eigenvalue weighted by atomic mass is 32.2. The summed E-state index contributed by atoms with van der Waals surface area (Å²) in [5.41, 5.74) is 6.50. The Morgan fingerprint density at radius 3 is 3.12 bits per heavy atom. The van der Waals surface area contributed by atoms with E-state index in [-0.39, 0.29) is 11.7 Å². The van der Waals surface area contributed by atoms with Crippen LogP contribution in [0.4, 0.5) is 5.69 Å². The fourth-order valence-electron chi connectivity index (χ4n) is 1.30. The molecule has 0 radical (unpaired) electrons. The zero-order valence-corrected chi connectivity index (χ0v) is 9.96. The second kappa shape index (κ2) is 5.06. The summed E-state index contributed by atoms with van der Waals surface area (Å²) in [4.78, 5) is 15.5. The van der Waals surface area contributed by atoms with Gasteiger partial charge in [-0.1, -0.05) is 11.8 Å². The molecule has 17 heavy (non-hydrogen) atoms. The van der Waals surface area contributed by atoms with Crippen molar-refractivity contribution >= 4 is 23.4 Å². The molecule has 88 valence electrons. The Morgan fingerprint density at radius 2 is 2.47 bits per heavy atom. The first-order valence-electron chi connectivity index (χ1n) is 5.27. The quantitative estimate of drug-likeness (QED) is 0.772. The van der Waals surface area contributed by atoms with E-state index in [1.165, 1.54) is 18.0 Å². The van der Waals surface area contributed by atoms with Crippen LogP contribution < -0.4 is 11.1 Å². The van der Waals surface area contributed by atoms with Gasteiger partial charge in [0.2, 0.25) is 5.91 Å². The molecule has 1 heterocycles. The number of nitrogen functional groups attached to an aromatic ring is 1. The number of pyridine rings is 1. The highest BCUT2D eigenvalue weighted by Crippen LogP contribution is 2.25. The van der Waals surface area contributed by atoms with E-state index >= 15 is 0 Å². The van der Waals surface area contributed by atoms with Gasteiger partial charge in [0, 0.05) is 12.2 Å². The molecule has 5 nitrogen and oxygen atoms in total. The van der Waals surface area contributed by atoms with Crippen molar-refractivity contribution in [1.29, 1.82) is 5.26 Å². The average Bonchev–Trinajstić information content (AvgIpc) is 3.11. The number of anilines is 1. The lowest BCUT2D eigenvalue weighted by Crippen LogP contribution is -2.27. The van der Waals surface area contributed by atoms with Crippen LogP contribution in [0.3, 0.4) is 0 Å². The second-order valence-electron chi connectivity index (χ2n) is 3.82. The van der Waals surface area contributed by atoms with Crippen LogP contribution in [0.25, 0.3) is 0 Å². The Bertz CT molecular complexity index is 479. The van der Waals surface area contributed by atoms with E-state index in [0.29, 0.717) is 22.3 Å². The highest BCUT2D eigenvalue weighted by molar-refractivity contribution is 8.00. The van der Waals surface area contributed by atoms with Gasteiger partial charge >= 0.3 is 0 Å². The van der Waals surface area contributed by atoms with Gasteiger partial charge in [-0.15, -0.1) is 0 Å². The zero-order valence-electron chi connectivity index (χ0n) is 9.14. The lowest BCUT2D eigenvalue weighted by atomic mass is 10.2. The molecule has 1 aliphatic rings. The summed E-state index contributed by atoms with van der Waals surface area (Å²) in [6.07, 6.45) is 3.66. The van der Waals surface area contributed by atoms with E-state index in [0.717, 1.165) is 12.8 Å². The van der Waals surface area contributed by atoms with E-state index in [4.69, 9.17) is 11.0 Å². The first-order valence-corrected chi connectivity index (χ1v) is 6.26. The van der Waals surface area contributed by atoms with Crippen LogP contribution in [-0.2, 0) is 4.79 Å². The first-order chi connectivity index (χ1) is 8.20. The van der Waals surface area contributed by atoms with Gasteiger partial charge in [-0.05, 0) is 18.9 Å². The summed E-state index contributed by atoms with van der Waals surface area (Å²) in [7, 11) is 0. The van der Waals surface area contributed by atoms with E-state index in [1.807, 2.05) is 6.07 Å². The fourth-order valence-corrected chi connectivity index (χ4v) is 2.05. The lowest BCUT2D eigenvalue weighted by Gasteiger charge is -2.05. The number of nitrogens with two attached hydrogens (primary N) is 1. The molecule has 0 bridgehead atoms. The number of nitriles is 1. The molecule has 0 spiro atoms. The molecule has 0 unspecified atom stereocenters. The van der Waals surface area contributed by atoms with Crippen LogP contribution in [0.15, 0.2) is 17.3 Å². The third kappa shape index (κ3) is 3.11.